The highest BCUT2D eigenvalue weighted by molar-refractivity contribution is 5.92. The minimum Gasteiger partial charge on any atom is -0.358 e. The SMILES string of the molecule is Cc1cc(F)ccc1NC(=O)[C@H](C)Cn1nc([N+](=O)[O-])cc1C. The van der Waals surface area contributed by atoms with Gasteiger partial charge in [0.25, 0.3) is 0 Å². The second-order valence-corrected chi connectivity index (χ2v) is 5.43. The molecule has 2 rings (SSSR count). The summed E-state index contributed by atoms with van der Waals surface area (Å²) < 4.78 is 14.5. The van der Waals surface area contributed by atoms with Gasteiger partial charge in [0, 0.05) is 5.69 Å². The molecule has 1 aromatic carbocycles. The number of hydrogen-bond acceptors (Lipinski definition) is 4. The Morgan fingerprint density at radius 3 is 2.70 bits per heavy atom. The summed E-state index contributed by atoms with van der Waals surface area (Å²) in [6, 6.07) is 5.46. The van der Waals surface area contributed by atoms with Gasteiger partial charge in [-0.2, -0.15) is 4.68 Å². The van der Waals surface area contributed by atoms with E-state index < -0.39 is 10.8 Å². The molecule has 122 valence electrons. The van der Waals surface area contributed by atoms with Crippen molar-refractivity contribution in [3.63, 3.8) is 0 Å². The number of carbonyl (C=O) groups is 1. The first-order valence-corrected chi connectivity index (χ1v) is 7.03. The van der Waals surface area contributed by atoms with Gasteiger partial charge in [-0.05, 0) is 42.5 Å². The molecule has 0 aliphatic heterocycles. The van der Waals surface area contributed by atoms with E-state index in [9.17, 15) is 19.3 Å². The third-order valence-corrected chi connectivity index (χ3v) is 3.50. The van der Waals surface area contributed by atoms with E-state index in [4.69, 9.17) is 0 Å². The topological polar surface area (TPSA) is 90.1 Å². The van der Waals surface area contributed by atoms with E-state index in [1.807, 2.05) is 0 Å². The van der Waals surface area contributed by atoms with Crippen LogP contribution in [-0.4, -0.2) is 20.6 Å². The average Bonchev–Trinajstić information content (AvgIpc) is 2.83. The van der Waals surface area contributed by atoms with Gasteiger partial charge in [0.2, 0.25) is 5.91 Å². The van der Waals surface area contributed by atoms with Gasteiger partial charge in [0.05, 0.1) is 29.3 Å². The first-order chi connectivity index (χ1) is 10.8. The third-order valence-electron chi connectivity index (χ3n) is 3.50. The summed E-state index contributed by atoms with van der Waals surface area (Å²) in [5.74, 6) is -1.34. The summed E-state index contributed by atoms with van der Waals surface area (Å²) in [6.07, 6.45) is 0. The molecule has 0 unspecified atom stereocenters. The maximum atomic E-state index is 13.1. The molecule has 0 bridgehead atoms. The van der Waals surface area contributed by atoms with Gasteiger partial charge >= 0.3 is 5.82 Å². The standard InChI is InChI=1S/C15H17FN4O3/c1-9-6-12(16)4-5-13(9)17-15(21)10(2)8-19-11(3)7-14(18-19)20(22)23/h4-7,10H,8H2,1-3H3,(H,17,21)/t10-/m1/s1. The number of rotatable bonds is 5. The van der Waals surface area contributed by atoms with Crippen LogP contribution in [0.1, 0.15) is 18.2 Å². The lowest BCUT2D eigenvalue weighted by Crippen LogP contribution is -2.25. The molecule has 1 amide bonds. The smallest absolute Gasteiger partial charge is 0.358 e. The summed E-state index contributed by atoms with van der Waals surface area (Å²) in [7, 11) is 0. The number of benzene rings is 1. The molecule has 23 heavy (non-hydrogen) atoms. The molecular weight excluding hydrogens is 303 g/mol. The second-order valence-electron chi connectivity index (χ2n) is 5.43. The predicted octanol–water partition coefficient (Wildman–Crippen LogP) is 2.82. The molecule has 0 radical (unpaired) electrons. The molecule has 0 aliphatic rings. The van der Waals surface area contributed by atoms with Crippen molar-refractivity contribution < 1.29 is 14.1 Å². The Bertz CT molecular complexity index is 757. The fourth-order valence-corrected chi connectivity index (χ4v) is 2.13. The number of carbonyl (C=O) groups excluding carboxylic acids is 1. The van der Waals surface area contributed by atoms with Crippen molar-refractivity contribution in [2.24, 2.45) is 5.92 Å². The maximum Gasteiger partial charge on any atom is 0.390 e. The Morgan fingerprint density at radius 1 is 1.43 bits per heavy atom. The zero-order valence-electron chi connectivity index (χ0n) is 13.0. The highest BCUT2D eigenvalue weighted by Gasteiger charge is 2.21. The van der Waals surface area contributed by atoms with Crippen LogP contribution in [0.4, 0.5) is 15.9 Å². The highest BCUT2D eigenvalue weighted by atomic mass is 19.1. The monoisotopic (exact) mass is 320 g/mol. The number of halogens is 1. The van der Waals surface area contributed by atoms with E-state index >= 15 is 0 Å². The number of nitrogens with zero attached hydrogens (tertiary/aromatic N) is 3. The van der Waals surface area contributed by atoms with E-state index in [2.05, 4.69) is 10.4 Å². The molecule has 1 aromatic heterocycles. The molecule has 0 fully saturated rings. The molecule has 8 heteroatoms. The van der Waals surface area contributed by atoms with Gasteiger partial charge in [0.15, 0.2) is 0 Å². The minimum absolute atomic E-state index is 0.214. The van der Waals surface area contributed by atoms with Gasteiger partial charge in [-0.1, -0.05) is 6.92 Å². The summed E-state index contributed by atoms with van der Waals surface area (Å²) in [6.45, 7) is 5.30. The predicted molar refractivity (Wildman–Crippen MR) is 82.5 cm³/mol. The van der Waals surface area contributed by atoms with Crippen LogP contribution >= 0.6 is 0 Å². The fraction of sp³-hybridized carbons (Fsp3) is 0.333. The van der Waals surface area contributed by atoms with Crippen LogP contribution in [-0.2, 0) is 11.3 Å². The molecule has 0 spiro atoms. The minimum atomic E-state index is -0.573. The Hall–Kier alpha value is -2.77. The van der Waals surface area contributed by atoms with Crippen LogP contribution in [0.25, 0.3) is 0 Å². The quantitative estimate of drug-likeness (QED) is 0.677. The first-order valence-electron chi connectivity index (χ1n) is 7.03. The molecule has 0 saturated carbocycles. The number of amides is 1. The van der Waals surface area contributed by atoms with Crippen molar-refractivity contribution >= 4 is 17.4 Å². The largest absolute Gasteiger partial charge is 0.390 e. The van der Waals surface area contributed by atoms with Gasteiger partial charge in [-0.15, -0.1) is 0 Å². The summed E-state index contributed by atoms with van der Waals surface area (Å²) in [4.78, 5) is 22.4. The Kier molecular flexibility index (Phi) is 4.73. The van der Waals surface area contributed by atoms with Gasteiger partial charge in [-0.3, -0.25) is 4.79 Å². The van der Waals surface area contributed by atoms with E-state index in [0.29, 0.717) is 16.9 Å². The summed E-state index contributed by atoms with van der Waals surface area (Å²) in [5.41, 5.74) is 1.76. The van der Waals surface area contributed by atoms with E-state index in [1.165, 1.54) is 28.9 Å². The Balaban J connectivity index is 2.06. The molecule has 7 nitrogen and oxygen atoms in total. The van der Waals surface area contributed by atoms with Crippen LogP contribution in [0.5, 0.6) is 0 Å². The molecule has 0 saturated heterocycles. The van der Waals surface area contributed by atoms with Crippen LogP contribution in [0.3, 0.4) is 0 Å². The normalized spacial score (nSPS) is 12.0. The number of nitro groups is 1. The van der Waals surface area contributed by atoms with Crippen molar-refractivity contribution in [2.75, 3.05) is 5.32 Å². The lowest BCUT2D eigenvalue weighted by Gasteiger charge is -2.13. The van der Waals surface area contributed by atoms with Gasteiger partial charge < -0.3 is 15.4 Å². The molecule has 0 aliphatic carbocycles. The van der Waals surface area contributed by atoms with Crippen molar-refractivity contribution in [1.29, 1.82) is 0 Å². The van der Waals surface area contributed by atoms with E-state index in [0.717, 1.165) is 0 Å². The highest BCUT2D eigenvalue weighted by Crippen LogP contribution is 2.18. The first kappa shape index (κ1) is 16.6. The number of aryl methyl sites for hydroxylation is 2. The maximum absolute atomic E-state index is 13.1. The molecule has 2 aromatic rings. The lowest BCUT2D eigenvalue weighted by molar-refractivity contribution is -0.389. The lowest BCUT2D eigenvalue weighted by atomic mass is 10.1. The second kappa shape index (κ2) is 6.55. The number of aromatic nitrogens is 2. The average molecular weight is 320 g/mol. The van der Waals surface area contributed by atoms with E-state index in [1.54, 1.807) is 20.8 Å². The Labute approximate surface area is 132 Å². The zero-order valence-corrected chi connectivity index (χ0v) is 13.0. The number of nitrogens with one attached hydrogen (secondary N) is 1. The third kappa shape index (κ3) is 3.91. The molecule has 1 heterocycles. The summed E-state index contributed by atoms with van der Waals surface area (Å²) >= 11 is 0. The number of hydrogen-bond donors (Lipinski definition) is 1. The van der Waals surface area contributed by atoms with Gasteiger partial charge in [-0.25, -0.2) is 4.39 Å². The van der Waals surface area contributed by atoms with Crippen LogP contribution in [0.2, 0.25) is 0 Å². The van der Waals surface area contributed by atoms with Gasteiger partial charge in [0.1, 0.15) is 5.82 Å². The summed E-state index contributed by atoms with van der Waals surface area (Å²) in [5, 5.41) is 17.3. The number of anilines is 1. The Morgan fingerprint density at radius 2 is 2.13 bits per heavy atom. The zero-order chi connectivity index (χ0) is 17.1. The van der Waals surface area contributed by atoms with Crippen LogP contribution in [0, 0.1) is 35.7 Å². The fourth-order valence-electron chi connectivity index (χ4n) is 2.13. The molecule has 1 atom stereocenters. The van der Waals surface area contributed by atoms with Crippen LogP contribution in [0.15, 0.2) is 24.3 Å². The van der Waals surface area contributed by atoms with Crippen molar-refractivity contribution in [2.45, 2.75) is 27.3 Å². The molecule has 1 N–H and O–H groups in total. The van der Waals surface area contributed by atoms with Crippen molar-refractivity contribution in [3.8, 4) is 0 Å². The molecular formula is C15H17FN4O3. The van der Waals surface area contributed by atoms with E-state index in [-0.39, 0.29) is 24.1 Å². The van der Waals surface area contributed by atoms with Crippen molar-refractivity contribution in [3.05, 3.63) is 51.5 Å². The van der Waals surface area contributed by atoms with Crippen LogP contribution < -0.4 is 5.32 Å². The van der Waals surface area contributed by atoms with Crippen molar-refractivity contribution in [1.82, 2.24) is 9.78 Å².